The van der Waals surface area contributed by atoms with Gasteiger partial charge in [-0.15, -0.1) is 0 Å². The maximum atomic E-state index is 15.3. The van der Waals surface area contributed by atoms with Crippen molar-refractivity contribution in [3.63, 3.8) is 0 Å². The Hall–Kier alpha value is -2.62. The lowest BCUT2D eigenvalue weighted by Gasteiger charge is -2.41. The molecule has 0 bridgehead atoms. The topological polar surface area (TPSA) is 95.4 Å². The molecule has 1 N–H and O–H groups in total. The number of pyridine rings is 1. The number of aromatic nitrogens is 1. The van der Waals surface area contributed by atoms with Gasteiger partial charge in [0.1, 0.15) is 28.6 Å². The van der Waals surface area contributed by atoms with Crippen LogP contribution in [0.5, 0.6) is 5.75 Å². The summed E-state index contributed by atoms with van der Waals surface area (Å²) < 4.78 is 27.0. The van der Waals surface area contributed by atoms with Gasteiger partial charge >= 0.3 is 6.09 Å². The van der Waals surface area contributed by atoms with E-state index in [0.29, 0.717) is 31.7 Å². The molecule has 1 spiro atoms. The largest absolute Gasteiger partial charge is 0.484 e. The van der Waals surface area contributed by atoms with Crippen molar-refractivity contribution >= 4 is 17.8 Å². The van der Waals surface area contributed by atoms with Gasteiger partial charge in [0.25, 0.3) is 5.91 Å². The fourth-order valence-electron chi connectivity index (χ4n) is 5.08. The second-order valence-electron chi connectivity index (χ2n) is 10.8. The van der Waals surface area contributed by atoms with Crippen molar-refractivity contribution < 1.29 is 28.6 Å². The third-order valence-corrected chi connectivity index (χ3v) is 6.92. The van der Waals surface area contributed by atoms with E-state index in [1.54, 1.807) is 16.7 Å². The Morgan fingerprint density at radius 3 is 2.71 bits per heavy atom. The van der Waals surface area contributed by atoms with Crippen LogP contribution in [0.2, 0.25) is 0 Å². The summed E-state index contributed by atoms with van der Waals surface area (Å²) in [4.78, 5) is 36.3. The number of likely N-dealkylation sites (N-methyl/N-ethyl adjacent to an activating group) is 1. The van der Waals surface area contributed by atoms with Crippen molar-refractivity contribution in [3.05, 3.63) is 17.1 Å². The van der Waals surface area contributed by atoms with E-state index in [4.69, 9.17) is 9.47 Å². The average molecular weight is 493 g/mol. The second-order valence-corrected chi connectivity index (χ2v) is 10.8. The van der Waals surface area contributed by atoms with Crippen molar-refractivity contribution in [3.8, 4) is 5.75 Å². The van der Waals surface area contributed by atoms with Gasteiger partial charge in [-0.2, -0.15) is 0 Å². The number of rotatable bonds is 6. The SMILES string of the molecule is CCCC(O)CN(CC)c1nc(C)c(F)c2c1C(=O)N1CCN(C(=O)OC(C)(C)C)CC13CC3O2. The fourth-order valence-corrected chi connectivity index (χ4v) is 5.08. The monoisotopic (exact) mass is 492 g/mol. The highest BCUT2D eigenvalue weighted by molar-refractivity contribution is 6.03. The van der Waals surface area contributed by atoms with Crippen LogP contribution >= 0.6 is 0 Å². The molecule has 1 saturated heterocycles. The first-order valence-electron chi connectivity index (χ1n) is 12.5. The van der Waals surface area contributed by atoms with E-state index in [0.717, 1.165) is 6.42 Å². The van der Waals surface area contributed by atoms with Crippen molar-refractivity contribution in [1.82, 2.24) is 14.8 Å². The lowest BCUT2D eigenvalue weighted by Crippen LogP contribution is -2.60. The summed E-state index contributed by atoms with van der Waals surface area (Å²) in [5.41, 5.74) is -1.12. The van der Waals surface area contributed by atoms with Crippen LogP contribution in [-0.2, 0) is 4.74 Å². The Balaban J connectivity index is 1.68. The zero-order valence-corrected chi connectivity index (χ0v) is 21.6. The summed E-state index contributed by atoms with van der Waals surface area (Å²) in [6.07, 6.45) is 0.491. The molecule has 4 rings (SSSR count). The standard InChI is InChI=1S/C25H37FN4O5/c1-7-9-16(31)13-28(8-2)21-18-20(19(26)15(3)27-21)34-17-12-25(17)14-29(10-11-30(25)22(18)32)23(33)35-24(4,5)6/h16-17,31H,7-14H2,1-6H3. The number of aliphatic hydroxyl groups is 1. The number of aliphatic hydroxyl groups excluding tert-OH is 1. The molecule has 1 aromatic heterocycles. The Morgan fingerprint density at radius 2 is 2.09 bits per heavy atom. The van der Waals surface area contributed by atoms with Crippen LogP contribution in [0.15, 0.2) is 0 Å². The summed E-state index contributed by atoms with van der Waals surface area (Å²) in [5, 5.41) is 10.4. The molecule has 3 aliphatic rings. The molecule has 10 heteroatoms. The van der Waals surface area contributed by atoms with Gasteiger partial charge in [-0.3, -0.25) is 4.79 Å². The molecule has 2 amide bonds. The zero-order valence-electron chi connectivity index (χ0n) is 21.6. The van der Waals surface area contributed by atoms with Crippen LogP contribution < -0.4 is 9.64 Å². The summed E-state index contributed by atoms with van der Waals surface area (Å²) in [6, 6.07) is 0. The second kappa shape index (κ2) is 9.11. The average Bonchev–Trinajstić information content (AvgIpc) is 3.45. The predicted octanol–water partition coefficient (Wildman–Crippen LogP) is 3.11. The molecule has 1 aliphatic carbocycles. The third-order valence-electron chi connectivity index (χ3n) is 6.92. The van der Waals surface area contributed by atoms with Gasteiger partial charge in [-0.25, -0.2) is 14.2 Å². The van der Waals surface area contributed by atoms with Crippen LogP contribution in [0.25, 0.3) is 0 Å². The van der Waals surface area contributed by atoms with Crippen LogP contribution in [0.1, 0.15) is 69.9 Å². The van der Waals surface area contributed by atoms with Gasteiger partial charge in [0.15, 0.2) is 11.6 Å². The number of aryl methyl sites for hydroxylation is 1. The van der Waals surface area contributed by atoms with Crippen LogP contribution in [0.3, 0.4) is 0 Å². The highest BCUT2D eigenvalue weighted by Crippen LogP contribution is 2.52. The van der Waals surface area contributed by atoms with Gasteiger partial charge in [0.05, 0.1) is 18.3 Å². The molecule has 194 valence electrons. The molecule has 3 unspecified atom stereocenters. The summed E-state index contributed by atoms with van der Waals surface area (Å²) in [7, 11) is 0. The Kier molecular flexibility index (Phi) is 6.63. The minimum absolute atomic E-state index is 0.0824. The molecule has 0 aromatic carbocycles. The van der Waals surface area contributed by atoms with E-state index in [2.05, 4.69) is 4.98 Å². The molecular formula is C25H37FN4O5. The number of ether oxygens (including phenoxy) is 2. The van der Waals surface area contributed by atoms with Gasteiger partial charge in [-0.1, -0.05) is 13.3 Å². The van der Waals surface area contributed by atoms with Gasteiger partial charge in [-0.05, 0) is 41.0 Å². The van der Waals surface area contributed by atoms with Crippen molar-refractivity contribution in [2.75, 3.05) is 37.6 Å². The van der Waals surface area contributed by atoms with Crippen LogP contribution in [0, 0.1) is 12.7 Å². The quantitative estimate of drug-likeness (QED) is 0.652. The normalized spacial score (nSPS) is 24.0. The van der Waals surface area contributed by atoms with Crippen LogP contribution in [0.4, 0.5) is 15.0 Å². The highest BCUT2D eigenvalue weighted by Gasteiger charge is 2.67. The van der Waals surface area contributed by atoms with E-state index < -0.39 is 35.3 Å². The smallest absolute Gasteiger partial charge is 0.410 e. The van der Waals surface area contributed by atoms with E-state index in [9.17, 15) is 14.7 Å². The number of nitrogens with zero attached hydrogens (tertiary/aromatic N) is 4. The first-order chi connectivity index (χ1) is 16.4. The number of carbonyl (C=O) groups excluding carboxylic acids is 2. The van der Waals surface area contributed by atoms with Crippen LogP contribution in [-0.4, -0.2) is 88.0 Å². The molecule has 2 aliphatic heterocycles. The molecule has 3 atom stereocenters. The number of piperazine rings is 1. The van der Waals surface area contributed by atoms with Gasteiger partial charge < -0.3 is 29.3 Å². The summed E-state index contributed by atoms with van der Waals surface area (Å²) >= 11 is 0. The van der Waals surface area contributed by atoms with E-state index in [-0.39, 0.29) is 42.5 Å². The Bertz CT molecular complexity index is 1010. The minimum Gasteiger partial charge on any atom is -0.484 e. The molecule has 2 fully saturated rings. The molecule has 1 saturated carbocycles. The lowest BCUT2D eigenvalue weighted by atomic mass is 10.1. The zero-order chi connectivity index (χ0) is 25.7. The summed E-state index contributed by atoms with van der Waals surface area (Å²) in [5.74, 6) is -0.754. The van der Waals surface area contributed by atoms with Crippen molar-refractivity contribution in [2.45, 2.75) is 84.2 Å². The number of halogens is 1. The predicted molar refractivity (Wildman–Crippen MR) is 128 cm³/mol. The van der Waals surface area contributed by atoms with Gasteiger partial charge in [0, 0.05) is 32.6 Å². The summed E-state index contributed by atoms with van der Waals surface area (Å²) in [6.45, 7) is 12.5. The third kappa shape index (κ3) is 4.64. The van der Waals surface area contributed by atoms with Crippen molar-refractivity contribution in [1.29, 1.82) is 0 Å². The maximum absolute atomic E-state index is 15.3. The minimum atomic E-state index is -0.721. The Labute approximate surface area is 206 Å². The van der Waals surface area contributed by atoms with Gasteiger partial charge in [0.2, 0.25) is 0 Å². The lowest BCUT2D eigenvalue weighted by molar-refractivity contribution is -0.00315. The van der Waals surface area contributed by atoms with E-state index in [1.807, 2.05) is 39.5 Å². The number of hydrogen-bond acceptors (Lipinski definition) is 7. The molecular weight excluding hydrogens is 455 g/mol. The molecule has 0 radical (unpaired) electrons. The molecule has 9 nitrogen and oxygen atoms in total. The van der Waals surface area contributed by atoms with E-state index >= 15 is 4.39 Å². The molecule has 1 aromatic rings. The number of fused-ring (bicyclic) bond motifs is 1. The molecule has 3 heterocycles. The number of hydrogen-bond donors (Lipinski definition) is 1. The van der Waals surface area contributed by atoms with Crippen molar-refractivity contribution in [2.24, 2.45) is 0 Å². The van der Waals surface area contributed by atoms with E-state index in [1.165, 1.54) is 0 Å². The maximum Gasteiger partial charge on any atom is 0.410 e. The number of carbonyl (C=O) groups is 2. The number of amides is 2. The highest BCUT2D eigenvalue weighted by atomic mass is 19.1. The Morgan fingerprint density at radius 1 is 1.37 bits per heavy atom. The fraction of sp³-hybridized carbons (Fsp3) is 0.720. The first kappa shape index (κ1) is 25.5. The first-order valence-corrected chi connectivity index (χ1v) is 12.5. The molecule has 35 heavy (non-hydrogen) atoms. The number of anilines is 1.